The summed E-state index contributed by atoms with van der Waals surface area (Å²) in [6, 6.07) is 18.7. The molecule has 1 amide bonds. The number of carbonyl (C=O) groups excluding carboxylic acids is 1. The molecule has 2 heterocycles. The van der Waals surface area contributed by atoms with E-state index in [9.17, 15) is 4.79 Å². The number of nitrogens with zero attached hydrogens (tertiary/aromatic N) is 2. The van der Waals surface area contributed by atoms with Crippen LogP contribution in [0.2, 0.25) is 0 Å². The van der Waals surface area contributed by atoms with Crippen molar-refractivity contribution >= 4 is 28.9 Å². The molecule has 2 aromatic carbocycles. The molecule has 0 saturated heterocycles. The molecule has 0 spiro atoms. The molecule has 7 nitrogen and oxygen atoms in total. The summed E-state index contributed by atoms with van der Waals surface area (Å²) in [5.74, 6) is 3.25. The molecule has 0 atom stereocenters. The summed E-state index contributed by atoms with van der Waals surface area (Å²) < 4.78 is 16.3. The lowest BCUT2D eigenvalue weighted by atomic mass is 10.2. The molecular weight excluding hydrogens is 382 g/mol. The molecule has 0 radical (unpaired) electrons. The minimum atomic E-state index is 0.0306. The van der Waals surface area contributed by atoms with Crippen LogP contribution in [0, 0.1) is 5.92 Å². The van der Waals surface area contributed by atoms with Crippen molar-refractivity contribution in [2.75, 3.05) is 24.1 Å². The number of aromatic nitrogens is 1. The van der Waals surface area contributed by atoms with Gasteiger partial charge in [-0.1, -0.05) is 18.2 Å². The largest absolute Gasteiger partial charge is 0.495 e. The van der Waals surface area contributed by atoms with Gasteiger partial charge in [-0.25, -0.2) is 4.98 Å². The van der Waals surface area contributed by atoms with E-state index in [1.165, 1.54) is 0 Å². The average Bonchev–Trinajstić information content (AvgIpc) is 3.52. The topological polar surface area (TPSA) is 72.9 Å². The summed E-state index contributed by atoms with van der Waals surface area (Å²) in [6.07, 6.45) is 1.80. The first-order valence-corrected chi connectivity index (χ1v) is 9.83. The van der Waals surface area contributed by atoms with Crippen LogP contribution >= 0.6 is 0 Å². The standard InChI is InChI=1S/C23H21N3O4/c1-28-18-6-3-2-5-17(18)24-21-7-4-8-22(25-21)26(23(27)15-9-10-15)16-11-12-19-20(13-16)30-14-29-19/h2-8,11-13,15H,9-10,14H2,1H3,(H,24,25). The smallest absolute Gasteiger partial charge is 0.235 e. The maximum Gasteiger partial charge on any atom is 0.235 e. The van der Waals surface area contributed by atoms with Crippen LogP contribution in [-0.2, 0) is 4.79 Å². The zero-order valence-corrected chi connectivity index (χ0v) is 16.5. The Bertz CT molecular complexity index is 1100. The van der Waals surface area contributed by atoms with Gasteiger partial charge in [0.05, 0.1) is 18.5 Å². The highest BCUT2D eigenvalue weighted by molar-refractivity contribution is 6.02. The zero-order chi connectivity index (χ0) is 20.5. The van der Waals surface area contributed by atoms with Crippen molar-refractivity contribution in [2.24, 2.45) is 5.92 Å². The molecule has 7 heteroatoms. The van der Waals surface area contributed by atoms with Crippen LogP contribution in [0.3, 0.4) is 0 Å². The summed E-state index contributed by atoms with van der Waals surface area (Å²) in [5.41, 5.74) is 1.51. The number of benzene rings is 2. The van der Waals surface area contributed by atoms with Crippen LogP contribution in [0.15, 0.2) is 60.7 Å². The summed E-state index contributed by atoms with van der Waals surface area (Å²) in [6.45, 7) is 0.186. The molecule has 3 aromatic rings. The molecule has 1 N–H and O–H groups in total. The summed E-state index contributed by atoms with van der Waals surface area (Å²) in [7, 11) is 1.63. The van der Waals surface area contributed by atoms with Gasteiger partial charge in [0.25, 0.3) is 0 Å². The van der Waals surface area contributed by atoms with Crippen LogP contribution in [0.4, 0.5) is 23.0 Å². The van der Waals surface area contributed by atoms with Crippen molar-refractivity contribution in [3.63, 3.8) is 0 Å². The normalized spacial score (nSPS) is 14.3. The highest BCUT2D eigenvalue weighted by Crippen LogP contribution is 2.40. The molecule has 0 bridgehead atoms. The zero-order valence-electron chi connectivity index (χ0n) is 16.5. The van der Waals surface area contributed by atoms with Crippen molar-refractivity contribution in [1.82, 2.24) is 4.98 Å². The molecule has 1 aliphatic carbocycles. The van der Waals surface area contributed by atoms with Crippen molar-refractivity contribution in [3.05, 3.63) is 60.7 Å². The van der Waals surface area contributed by atoms with Crippen molar-refractivity contribution < 1.29 is 19.0 Å². The monoisotopic (exact) mass is 403 g/mol. The first kappa shape index (κ1) is 18.3. The number of fused-ring (bicyclic) bond motifs is 1. The minimum absolute atomic E-state index is 0.0306. The van der Waals surface area contributed by atoms with Gasteiger partial charge in [0.1, 0.15) is 17.4 Å². The third-order valence-electron chi connectivity index (χ3n) is 5.09. The Morgan fingerprint density at radius 3 is 2.73 bits per heavy atom. The third-order valence-corrected chi connectivity index (χ3v) is 5.09. The van der Waals surface area contributed by atoms with Crippen LogP contribution in [0.1, 0.15) is 12.8 Å². The number of amides is 1. The maximum absolute atomic E-state index is 13.2. The lowest BCUT2D eigenvalue weighted by molar-refractivity contribution is -0.119. The first-order chi connectivity index (χ1) is 14.7. The second-order valence-electron chi connectivity index (χ2n) is 7.19. The van der Waals surface area contributed by atoms with Gasteiger partial charge < -0.3 is 19.5 Å². The molecule has 2 aliphatic rings. The van der Waals surface area contributed by atoms with E-state index in [-0.39, 0.29) is 18.6 Å². The lowest BCUT2D eigenvalue weighted by Crippen LogP contribution is -2.28. The quantitative estimate of drug-likeness (QED) is 0.647. The van der Waals surface area contributed by atoms with Gasteiger partial charge in [-0.05, 0) is 49.2 Å². The Morgan fingerprint density at radius 1 is 1.07 bits per heavy atom. The van der Waals surface area contributed by atoms with E-state index in [1.807, 2.05) is 60.7 Å². The first-order valence-electron chi connectivity index (χ1n) is 9.83. The third kappa shape index (κ3) is 3.50. The number of hydrogen-bond acceptors (Lipinski definition) is 6. The predicted molar refractivity (Wildman–Crippen MR) is 113 cm³/mol. The number of nitrogens with one attached hydrogen (secondary N) is 1. The molecule has 1 fully saturated rings. The SMILES string of the molecule is COc1ccccc1Nc1cccc(N(C(=O)C2CC2)c2ccc3c(c2)OCO3)n1. The predicted octanol–water partition coefficient (Wildman–Crippen LogP) is 4.64. The number of para-hydroxylation sites is 2. The van der Waals surface area contributed by atoms with Gasteiger partial charge in [-0.3, -0.25) is 9.69 Å². The van der Waals surface area contributed by atoms with E-state index in [2.05, 4.69) is 5.32 Å². The fourth-order valence-corrected chi connectivity index (χ4v) is 3.41. The van der Waals surface area contributed by atoms with E-state index < -0.39 is 0 Å². The molecule has 1 saturated carbocycles. The number of ether oxygens (including phenoxy) is 3. The van der Waals surface area contributed by atoms with Crippen molar-refractivity contribution in [3.8, 4) is 17.2 Å². The van der Waals surface area contributed by atoms with E-state index in [0.29, 0.717) is 34.6 Å². The van der Waals surface area contributed by atoms with Crippen LogP contribution in [-0.4, -0.2) is 24.8 Å². The molecule has 1 aliphatic heterocycles. The van der Waals surface area contributed by atoms with E-state index in [1.54, 1.807) is 12.0 Å². The summed E-state index contributed by atoms with van der Waals surface area (Å²) >= 11 is 0. The average molecular weight is 403 g/mol. The van der Waals surface area contributed by atoms with Crippen molar-refractivity contribution in [2.45, 2.75) is 12.8 Å². The highest BCUT2D eigenvalue weighted by atomic mass is 16.7. The van der Waals surface area contributed by atoms with Gasteiger partial charge in [-0.2, -0.15) is 0 Å². The van der Waals surface area contributed by atoms with Crippen LogP contribution in [0.25, 0.3) is 0 Å². The highest BCUT2D eigenvalue weighted by Gasteiger charge is 2.36. The number of rotatable bonds is 6. The van der Waals surface area contributed by atoms with Gasteiger partial charge in [0, 0.05) is 12.0 Å². The lowest BCUT2D eigenvalue weighted by Gasteiger charge is -2.23. The Kier molecular flexibility index (Phi) is 4.63. The van der Waals surface area contributed by atoms with Gasteiger partial charge in [0.2, 0.25) is 12.7 Å². The van der Waals surface area contributed by atoms with Crippen molar-refractivity contribution in [1.29, 1.82) is 0 Å². The fraction of sp³-hybridized carbons (Fsp3) is 0.217. The van der Waals surface area contributed by atoms with E-state index >= 15 is 0 Å². The van der Waals surface area contributed by atoms with Gasteiger partial charge in [-0.15, -0.1) is 0 Å². The van der Waals surface area contributed by atoms with E-state index in [4.69, 9.17) is 19.2 Å². The fourth-order valence-electron chi connectivity index (χ4n) is 3.41. The molecule has 5 rings (SSSR count). The minimum Gasteiger partial charge on any atom is -0.495 e. The Balaban J connectivity index is 1.50. The van der Waals surface area contributed by atoms with Gasteiger partial charge in [0.15, 0.2) is 11.5 Å². The Morgan fingerprint density at radius 2 is 1.90 bits per heavy atom. The van der Waals surface area contributed by atoms with Crippen LogP contribution < -0.4 is 24.4 Å². The molecule has 30 heavy (non-hydrogen) atoms. The number of methoxy groups -OCH3 is 1. The molecule has 152 valence electrons. The molecule has 0 unspecified atom stereocenters. The summed E-state index contributed by atoms with van der Waals surface area (Å²) in [4.78, 5) is 19.5. The number of hydrogen-bond donors (Lipinski definition) is 1. The second kappa shape index (κ2) is 7.59. The second-order valence-corrected chi connectivity index (χ2v) is 7.19. The molecule has 1 aromatic heterocycles. The maximum atomic E-state index is 13.2. The Hall–Kier alpha value is -3.74. The number of pyridine rings is 1. The number of carbonyl (C=O) groups is 1. The number of anilines is 4. The van der Waals surface area contributed by atoms with Gasteiger partial charge >= 0.3 is 0 Å². The van der Waals surface area contributed by atoms with Crippen LogP contribution in [0.5, 0.6) is 17.2 Å². The van der Waals surface area contributed by atoms with E-state index in [0.717, 1.165) is 18.5 Å². The molecular formula is C23H21N3O4. The Labute approximate surface area is 174 Å². The summed E-state index contributed by atoms with van der Waals surface area (Å²) in [5, 5.41) is 3.28.